The molecule has 1 saturated heterocycles. The van der Waals surface area contributed by atoms with Gasteiger partial charge in [0, 0.05) is 35.8 Å². The molecule has 2 heterocycles. The summed E-state index contributed by atoms with van der Waals surface area (Å²) in [6, 6.07) is 14.2. The SMILES string of the molecule is CCOc1ccc(C(=O)N2CCC(c3c[nH]c4ccccc34)CC2)cc1C. The zero-order valence-corrected chi connectivity index (χ0v) is 16.0. The van der Waals surface area contributed by atoms with Crippen LogP contribution >= 0.6 is 0 Å². The molecule has 0 unspecified atom stereocenters. The molecule has 1 aliphatic heterocycles. The van der Waals surface area contributed by atoms with E-state index in [4.69, 9.17) is 4.74 Å². The number of para-hydroxylation sites is 1. The van der Waals surface area contributed by atoms with Gasteiger partial charge in [0.1, 0.15) is 5.75 Å². The highest BCUT2D eigenvalue weighted by molar-refractivity contribution is 5.94. The highest BCUT2D eigenvalue weighted by atomic mass is 16.5. The topological polar surface area (TPSA) is 45.3 Å². The molecule has 0 atom stereocenters. The lowest BCUT2D eigenvalue weighted by molar-refractivity contribution is 0.0713. The summed E-state index contributed by atoms with van der Waals surface area (Å²) in [5.41, 5.74) is 4.34. The van der Waals surface area contributed by atoms with E-state index < -0.39 is 0 Å². The average molecular weight is 362 g/mol. The first kappa shape index (κ1) is 17.7. The maximum Gasteiger partial charge on any atom is 0.253 e. The zero-order chi connectivity index (χ0) is 18.8. The van der Waals surface area contributed by atoms with Gasteiger partial charge in [-0.05, 0) is 68.0 Å². The Hall–Kier alpha value is -2.75. The van der Waals surface area contributed by atoms with Crippen LogP contribution in [0.25, 0.3) is 10.9 Å². The number of piperidine rings is 1. The highest BCUT2D eigenvalue weighted by Crippen LogP contribution is 2.33. The van der Waals surface area contributed by atoms with Crippen LogP contribution in [0.4, 0.5) is 0 Å². The number of hydrogen-bond acceptors (Lipinski definition) is 2. The Morgan fingerprint density at radius 1 is 1.19 bits per heavy atom. The Bertz CT molecular complexity index is 952. The van der Waals surface area contributed by atoms with Crippen LogP contribution in [0.5, 0.6) is 5.75 Å². The maximum atomic E-state index is 12.9. The molecule has 4 heteroatoms. The number of carbonyl (C=O) groups excluding carboxylic acids is 1. The average Bonchev–Trinajstić information content (AvgIpc) is 3.13. The Morgan fingerprint density at radius 2 is 1.96 bits per heavy atom. The van der Waals surface area contributed by atoms with Crippen molar-refractivity contribution in [3.63, 3.8) is 0 Å². The van der Waals surface area contributed by atoms with Crippen LogP contribution in [0, 0.1) is 6.92 Å². The predicted octanol–water partition coefficient (Wildman–Crippen LogP) is 4.89. The third-order valence-electron chi connectivity index (χ3n) is 5.56. The number of nitrogens with one attached hydrogen (secondary N) is 1. The molecular weight excluding hydrogens is 336 g/mol. The third kappa shape index (κ3) is 3.44. The van der Waals surface area contributed by atoms with E-state index in [0.717, 1.165) is 42.8 Å². The fourth-order valence-corrected chi connectivity index (χ4v) is 4.11. The number of carbonyl (C=O) groups is 1. The van der Waals surface area contributed by atoms with E-state index >= 15 is 0 Å². The molecule has 4 nitrogen and oxygen atoms in total. The van der Waals surface area contributed by atoms with Crippen LogP contribution in [0.1, 0.15) is 47.2 Å². The summed E-state index contributed by atoms with van der Waals surface area (Å²) < 4.78 is 5.58. The molecule has 0 aliphatic carbocycles. The number of amides is 1. The van der Waals surface area contributed by atoms with Crippen LogP contribution in [0.3, 0.4) is 0 Å². The maximum absolute atomic E-state index is 12.9. The second-order valence-electron chi connectivity index (χ2n) is 7.27. The third-order valence-corrected chi connectivity index (χ3v) is 5.56. The van der Waals surface area contributed by atoms with Crippen molar-refractivity contribution in [2.24, 2.45) is 0 Å². The first-order chi connectivity index (χ1) is 13.2. The van der Waals surface area contributed by atoms with E-state index in [0.29, 0.717) is 12.5 Å². The molecule has 0 bridgehead atoms. The normalized spacial score (nSPS) is 15.3. The largest absolute Gasteiger partial charge is 0.494 e. The second-order valence-corrected chi connectivity index (χ2v) is 7.27. The molecule has 1 fully saturated rings. The minimum Gasteiger partial charge on any atom is -0.494 e. The molecule has 1 N–H and O–H groups in total. The predicted molar refractivity (Wildman–Crippen MR) is 109 cm³/mol. The quantitative estimate of drug-likeness (QED) is 0.718. The Morgan fingerprint density at radius 3 is 2.70 bits per heavy atom. The number of rotatable bonds is 4. The zero-order valence-electron chi connectivity index (χ0n) is 16.0. The number of ether oxygens (including phenoxy) is 1. The molecular formula is C23H26N2O2. The number of aryl methyl sites for hydroxylation is 1. The van der Waals surface area contributed by atoms with E-state index in [-0.39, 0.29) is 5.91 Å². The van der Waals surface area contributed by atoms with E-state index in [1.165, 1.54) is 16.5 Å². The van der Waals surface area contributed by atoms with Crippen LogP contribution in [0.2, 0.25) is 0 Å². The number of aromatic nitrogens is 1. The fraction of sp³-hybridized carbons (Fsp3) is 0.348. The number of benzene rings is 2. The number of fused-ring (bicyclic) bond motifs is 1. The van der Waals surface area contributed by atoms with Crippen molar-refractivity contribution in [3.05, 3.63) is 65.4 Å². The number of H-pyrrole nitrogens is 1. The Kier molecular flexibility index (Phi) is 4.88. The number of nitrogens with zero attached hydrogens (tertiary/aromatic N) is 1. The molecule has 140 valence electrons. The standard InChI is InChI=1S/C23H26N2O2/c1-3-27-22-9-8-18(14-16(22)2)23(26)25-12-10-17(11-13-25)20-15-24-21-7-5-4-6-19(20)21/h4-9,14-15,17,24H,3,10-13H2,1-2H3. The van der Waals surface area contributed by atoms with Gasteiger partial charge in [-0.2, -0.15) is 0 Å². The minimum atomic E-state index is 0.124. The van der Waals surface area contributed by atoms with Crippen LogP contribution in [-0.2, 0) is 0 Å². The number of aromatic amines is 1. The van der Waals surface area contributed by atoms with E-state index in [9.17, 15) is 4.79 Å². The summed E-state index contributed by atoms with van der Waals surface area (Å²) in [7, 11) is 0. The molecule has 4 rings (SSSR count). The van der Waals surface area contributed by atoms with Gasteiger partial charge >= 0.3 is 0 Å². The van der Waals surface area contributed by atoms with Crippen molar-refractivity contribution in [2.75, 3.05) is 19.7 Å². The van der Waals surface area contributed by atoms with Crippen molar-refractivity contribution in [1.29, 1.82) is 0 Å². The molecule has 1 aliphatic rings. The van der Waals surface area contributed by atoms with Crippen molar-refractivity contribution >= 4 is 16.8 Å². The molecule has 0 spiro atoms. The lowest BCUT2D eigenvalue weighted by atomic mass is 9.89. The van der Waals surface area contributed by atoms with Gasteiger partial charge < -0.3 is 14.6 Å². The monoisotopic (exact) mass is 362 g/mol. The van der Waals surface area contributed by atoms with Gasteiger partial charge in [-0.3, -0.25) is 4.79 Å². The van der Waals surface area contributed by atoms with Gasteiger partial charge in [0.2, 0.25) is 0 Å². The van der Waals surface area contributed by atoms with Gasteiger partial charge in [-0.15, -0.1) is 0 Å². The van der Waals surface area contributed by atoms with E-state index in [1.54, 1.807) is 0 Å². The van der Waals surface area contributed by atoms with E-state index in [1.807, 2.05) is 36.9 Å². The van der Waals surface area contributed by atoms with Crippen molar-refractivity contribution in [2.45, 2.75) is 32.6 Å². The number of likely N-dealkylation sites (tertiary alicyclic amines) is 1. The summed E-state index contributed by atoms with van der Waals surface area (Å²) in [4.78, 5) is 18.3. The molecule has 0 radical (unpaired) electrons. The van der Waals surface area contributed by atoms with Gasteiger partial charge in [0.05, 0.1) is 6.61 Å². The molecule has 1 aromatic heterocycles. The van der Waals surface area contributed by atoms with Crippen molar-refractivity contribution in [3.8, 4) is 5.75 Å². The van der Waals surface area contributed by atoms with Crippen LogP contribution in [-0.4, -0.2) is 35.5 Å². The highest BCUT2D eigenvalue weighted by Gasteiger charge is 2.26. The van der Waals surface area contributed by atoms with Crippen LogP contribution < -0.4 is 4.74 Å². The Labute approximate surface area is 160 Å². The molecule has 27 heavy (non-hydrogen) atoms. The van der Waals surface area contributed by atoms with Crippen LogP contribution in [0.15, 0.2) is 48.7 Å². The van der Waals surface area contributed by atoms with Crippen molar-refractivity contribution < 1.29 is 9.53 Å². The lowest BCUT2D eigenvalue weighted by Crippen LogP contribution is -2.37. The number of hydrogen-bond donors (Lipinski definition) is 1. The summed E-state index contributed by atoms with van der Waals surface area (Å²) in [6.07, 6.45) is 4.15. The first-order valence-corrected chi connectivity index (χ1v) is 9.76. The summed E-state index contributed by atoms with van der Waals surface area (Å²) in [6.45, 7) is 6.20. The summed E-state index contributed by atoms with van der Waals surface area (Å²) in [5, 5.41) is 1.31. The Balaban J connectivity index is 1.44. The lowest BCUT2D eigenvalue weighted by Gasteiger charge is -2.32. The van der Waals surface area contributed by atoms with Gasteiger partial charge in [0.15, 0.2) is 0 Å². The second kappa shape index (κ2) is 7.47. The molecule has 3 aromatic rings. The molecule has 0 saturated carbocycles. The summed E-state index contributed by atoms with van der Waals surface area (Å²) >= 11 is 0. The summed E-state index contributed by atoms with van der Waals surface area (Å²) in [5.74, 6) is 1.48. The van der Waals surface area contributed by atoms with Gasteiger partial charge in [-0.1, -0.05) is 18.2 Å². The minimum absolute atomic E-state index is 0.124. The first-order valence-electron chi connectivity index (χ1n) is 9.76. The fourth-order valence-electron chi connectivity index (χ4n) is 4.11. The van der Waals surface area contributed by atoms with E-state index in [2.05, 4.69) is 35.4 Å². The molecule has 1 amide bonds. The van der Waals surface area contributed by atoms with Gasteiger partial charge in [0.25, 0.3) is 5.91 Å². The molecule has 2 aromatic carbocycles. The smallest absolute Gasteiger partial charge is 0.253 e. The van der Waals surface area contributed by atoms with Crippen molar-refractivity contribution in [1.82, 2.24) is 9.88 Å². The van der Waals surface area contributed by atoms with Gasteiger partial charge in [-0.25, -0.2) is 0 Å².